The minimum atomic E-state index is -4.57. The van der Waals surface area contributed by atoms with Crippen molar-refractivity contribution in [1.82, 2.24) is 19.7 Å². The van der Waals surface area contributed by atoms with Crippen LogP contribution in [0.1, 0.15) is 5.56 Å². The lowest BCUT2D eigenvalue weighted by Crippen LogP contribution is -2.05. The molecule has 130 valence electrons. The molecule has 0 aliphatic rings. The van der Waals surface area contributed by atoms with E-state index in [4.69, 9.17) is 16.3 Å². The van der Waals surface area contributed by atoms with Crippen molar-refractivity contribution in [3.63, 3.8) is 0 Å². The fourth-order valence-corrected chi connectivity index (χ4v) is 2.28. The van der Waals surface area contributed by atoms with Crippen molar-refractivity contribution >= 4 is 11.6 Å². The summed E-state index contributed by atoms with van der Waals surface area (Å²) in [5, 5.41) is 3.42. The van der Waals surface area contributed by atoms with Crippen LogP contribution in [-0.4, -0.2) is 26.9 Å². The van der Waals surface area contributed by atoms with Gasteiger partial charge in [-0.15, -0.1) is 0 Å². The minimum absolute atomic E-state index is 0.00523. The van der Waals surface area contributed by atoms with E-state index in [1.54, 1.807) is 0 Å². The van der Waals surface area contributed by atoms with Crippen molar-refractivity contribution in [2.45, 2.75) is 6.18 Å². The van der Waals surface area contributed by atoms with E-state index >= 15 is 0 Å². The zero-order valence-electron chi connectivity index (χ0n) is 12.6. The maximum absolute atomic E-state index is 14.6. The fraction of sp³-hybridized carbons (Fsp3) is 0.133. The molecule has 0 amide bonds. The molecule has 2 heterocycles. The lowest BCUT2D eigenvalue weighted by Gasteiger charge is -2.11. The highest BCUT2D eigenvalue weighted by atomic mass is 35.5. The van der Waals surface area contributed by atoms with Gasteiger partial charge in [-0.1, -0.05) is 11.6 Å². The Hall–Kier alpha value is -2.68. The molecule has 0 saturated heterocycles. The van der Waals surface area contributed by atoms with Crippen LogP contribution in [0.4, 0.5) is 17.6 Å². The highest BCUT2D eigenvalue weighted by Gasteiger charge is 2.32. The molecule has 0 N–H and O–H groups in total. The molecule has 25 heavy (non-hydrogen) atoms. The molecule has 3 aromatic rings. The number of aromatic nitrogens is 4. The molecule has 0 unspecified atom stereocenters. The topological polar surface area (TPSA) is 52.8 Å². The molecule has 0 spiro atoms. The molecule has 0 aliphatic heterocycles. The van der Waals surface area contributed by atoms with Gasteiger partial charge in [-0.25, -0.2) is 14.1 Å². The first-order chi connectivity index (χ1) is 11.8. The maximum Gasteiger partial charge on any atom is 0.419 e. The van der Waals surface area contributed by atoms with E-state index in [0.29, 0.717) is 6.20 Å². The van der Waals surface area contributed by atoms with E-state index in [1.807, 2.05) is 0 Å². The van der Waals surface area contributed by atoms with Gasteiger partial charge in [0.1, 0.15) is 0 Å². The number of methoxy groups -OCH3 is 1. The van der Waals surface area contributed by atoms with Crippen LogP contribution >= 0.6 is 11.6 Å². The lowest BCUT2D eigenvalue weighted by atomic mass is 10.1. The van der Waals surface area contributed by atoms with Gasteiger partial charge in [-0.2, -0.15) is 23.3 Å². The Kier molecular flexibility index (Phi) is 4.34. The first kappa shape index (κ1) is 17.2. The summed E-state index contributed by atoms with van der Waals surface area (Å²) in [6.07, 6.45) is -1.86. The van der Waals surface area contributed by atoms with Crippen LogP contribution < -0.4 is 4.74 Å². The first-order valence-electron chi connectivity index (χ1n) is 6.79. The third kappa shape index (κ3) is 3.27. The number of hydrogen-bond donors (Lipinski definition) is 0. The van der Waals surface area contributed by atoms with Crippen LogP contribution in [0.25, 0.3) is 17.1 Å². The fourth-order valence-electron chi connectivity index (χ4n) is 2.12. The van der Waals surface area contributed by atoms with E-state index < -0.39 is 17.6 Å². The Morgan fingerprint density at radius 3 is 2.60 bits per heavy atom. The summed E-state index contributed by atoms with van der Waals surface area (Å²) in [5.41, 5.74) is -1.16. The molecule has 2 aromatic heterocycles. The second-order valence-electron chi connectivity index (χ2n) is 4.85. The quantitative estimate of drug-likeness (QED) is 0.648. The first-order valence-corrected chi connectivity index (χ1v) is 7.16. The maximum atomic E-state index is 14.6. The van der Waals surface area contributed by atoms with Crippen LogP contribution in [0.15, 0.2) is 36.8 Å². The average Bonchev–Trinajstić information content (AvgIpc) is 3.07. The van der Waals surface area contributed by atoms with Crippen molar-refractivity contribution in [1.29, 1.82) is 0 Å². The van der Waals surface area contributed by atoms with Crippen LogP contribution in [0.5, 0.6) is 5.88 Å². The summed E-state index contributed by atoms with van der Waals surface area (Å²) >= 11 is 5.80. The molecule has 0 fully saturated rings. The molecule has 0 saturated carbocycles. The van der Waals surface area contributed by atoms with Crippen molar-refractivity contribution < 1.29 is 22.3 Å². The number of rotatable bonds is 3. The summed E-state index contributed by atoms with van der Waals surface area (Å²) in [6.45, 7) is 0. The van der Waals surface area contributed by atoms with Crippen molar-refractivity contribution in [3.8, 4) is 23.0 Å². The van der Waals surface area contributed by atoms with Gasteiger partial charge in [0.15, 0.2) is 11.6 Å². The highest BCUT2D eigenvalue weighted by molar-refractivity contribution is 6.31. The standard InChI is InChI=1S/C15H9ClF4N4O/c1-25-11-4-5-21-14(23-11)12-10(3-2-9(16)13(12)17)24-7-8(6-22-24)15(18,19)20/h2-7H,1H3. The van der Waals surface area contributed by atoms with Gasteiger partial charge in [-0.3, -0.25) is 0 Å². The van der Waals surface area contributed by atoms with Gasteiger partial charge in [0.2, 0.25) is 5.88 Å². The van der Waals surface area contributed by atoms with Gasteiger partial charge < -0.3 is 4.74 Å². The summed E-state index contributed by atoms with van der Waals surface area (Å²) < 4.78 is 58.8. The summed E-state index contributed by atoms with van der Waals surface area (Å²) in [5.74, 6) is -0.818. The molecule has 0 radical (unpaired) electrons. The monoisotopic (exact) mass is 372 g/mol. The van der Waals surface area contributed by atoms with Crippen molar-refractivity contribution in [3.05, 3.63) is 53.2 Å². The smallest absolute Gasteiger partial charge is 0.419 e. The van der Waals surface area contributed by atoms with E-state index in [0.717, 1.165) is 10.9 Å². The Morgan fingerprint density at radius 1 is 1.20 bits per heavy atom. The lowest BCUT2D eigenvalue weighted by molar-refractivity contribution is -0.137. The average molecular weight is 373 g/mol. The summed E-state index contributed by atoms with van der Waals surface area (Å²) in [7, 11) is 1.37. The Labute approximate surface area is 143 Å². The number of benzene rings is 1. The number of nitrogens with zero attached hydrogens (tertiary/aromatic N) is 4. The molecule has 5 nitrogen and oxygen atoms in total. The molecule has 3 rings (SSSR count). The normalized spacial score (nSPS) is 11.6. The van der Waals surface area contributed by atoms with Gasteiger partial charge in [0, 0.05) is 18.5 Å². The van der Waals surface area contributed by atoms with Gasteiger partial charge in [0.05, 0.1) is 35.1 Å². The third-order valence-electron chi connectivity index (χ3n) is 3.29. The van der Waals surface area contributed by atoms with Crippen molar-refractivity contribution in [2.75, 3.05) is 7.11 Å². The molecule has 0 aliphatic carbocycles. The van der Waals surface area contributed by atoms with Crippen LogP contribution in [0.3, 0.4) is 0 Å². The largest absolute Gasteiger partial charge is 0.481 e. The van der Waals surface area contributed by atoms with E-state index in [2.05, 4.69) is 15.1 Å². The molecule has 0 bridgehead atoms. The van der Waals surface area contributed by atoms with Crippen LogP contribution in [0, 0.1) is 5.82 Å². The molecule has 10 heteroatoms. The van der Waals surface area contributed by atoms with Gasteiger partial charge >= 0.3 is 6.18 Å². The van der Waals surface area contributed by atoms with Crippen molar-refractivity contribution in [2.24, 2.45) is 0 Å². The zero-order chi connectivity index (χ0) is 18.2. The molecule has 0 atom stereocenters. The van der Waals surface area contributed by atoms with Crippen LogP contribution in [-0.2, 0) is 6.18 Å². The predicted molar refractivity (Wildman–Crippen MR) is 81.1 cm³/mol. The number of ether oxygens (including phenoxy) is 1. The van der Waals surface area contributed by atoms with E-state index in [-0.39, 0.29) is 28.0 Å². The SMILES string of the molecule is COc1ccnc(-c2c(-n3cc(C(F)(F)F)cn3)ccc(Cl)c2F)n1. The van der Waals surface area contributed by atoms with Crippen LogP contribution in [0.2, 0.25) is 5.02 Å². The van der Waals surface area contributed by atoms with Gasteiger partial charge in [0.25, 0.3) is 0 Å². The highest BCUT2D eigenvalue weighted by Crippen LogP contribution is 2.34. The van der Waals surface area contributed by atoms with E-state index in [9.17, 15) is 17.6 Å². The number of alkyl halides is 3. The minimum Gasteiger partial charge on any atom is -0.481 e. The molecular weight excluding hydrogens is 364 g/mol. The van der Waals surface area contributed by atoms with E-state index in [1.165, 1.54) is 31.5 Å². The number of hydrogen-bond acceptors (Lipinski definition) is 4. The Balaban J connectivity index is 2.21. The zero-order valence-corrected chi connectivity index (χ0v) is 13.3. The number of halogens is 5. The van der Waals surface area contributed by atoms with Gasteiger partial charge in [-0.05, 0) is 12.1 Å². The molecular formula is C15H9ClF4N4O. The second kappa shape index (κ2) is 6.32. The summed E-state index contributed by atoms with van der Waals surface area (Å²) in [4.78, 5) is 7.96. The second-order valence-corrected chi connectivity index (χ2v) is 5.26. The Bertz CT molecular complexity index is 926. The predicted octanol–water partition coefficient (Wildman–Crippen LogP) is 4.15. The Morgan fingerprint density at radius 2 is 1.96 bits per heavy atom. The third-order valence-corrected chi connectivity index (χ3v) is 3.58. The molecule has 1 aromatic carbocycles. The summed E-state index contributed by atoms with van der Waals surface area (Å²) in [6, 6.07) is 3.99.